The molecule has 1 amide bonds. The number of carbonyl (C=O) groups excluding carboxylic acids is 1. The van der Waals surface area contributed by atoms with Gasteiger partial charge in [0.15, 0.2) is 0 Å². The molecule has 1 aliphatic rings. The molecule has 17 heavy (non-hydrogen) atoms. The third-order valence-electron chi connectivity index (χ3n) is 3.47. The fourth-order valence-electron chi connectivity index (χ4n) is 2.54. The van der Waals surface area contributed by atoms with Gasteiger partial charge in [-0.25, -0.2) is 0 Å². The Morgan fingerprint density at radius 2 is 1.82 bits per heavy atom. The Hall–Kier alpha value is -0.650. The number of hydrogen-bond acceptors (Lipinski definition) is 4. The van der Waals surface area contributed by atoms with Crippen LogP contribution in [-0.4, -0.2) is 47.6 Å². The molecule has 0 saturated carbocycles. The highest BCUT2D eigenvalue weighted by Crippen LogP contribution is 2.28. The molecule has 0 spiro atoms. The Bertz CT molecular complexity index is 259. The summed E-state index contributed by atoms with van der Waals surface area (Å²) in [5.74, 6) is 0.296. The highest BCUT2D eigenvalue weighted by Gasteiger charge is 2.36. The molecule has 1 saturated heterocycles. The SMILES string of the molecule is CC(=O)NC1C(CO)OC(CO)C(C)C[C@@H]1C. The Morgan fingerprint density at radius 1 is 1.24 bits per heavy atom. The molecular formula is C12H23NO4. The van der Waals surface area contributed by atoms with Crippen molar-refractivity contribution in [3.8, 4) is 0 Å². The highest BCUT2D eigenvalue weighted by molar-refractivity contribution is 5.73. The van der Waals surface area contributed by atoms with Crippen molar-refractivity contribution in [2.24, 2.45) is 11.8 Å². The van der Waals surface area contributed by atoms with Gasteiger partial charge in [0.1, 0.15) is 6.10 Å². The van der Waals surface area contributed by atoms with Crippen molar-refractivity contribution in [3.05, 3.63) is 0 Å². The van der Waals surface area contributed by atoms with Gasteiger partial charge >= 0.3 is 0 Å². The third kappa shape index (κ3) is 3.66. The first-order valence-electron chi connectivity index (χ1n) is 6.13. The zero-order valence-electron chi connectivity index (χ0n) is 10.7. The second-order valence-corrected chi connectivity index (χ2v) is 4.99. The van der Waals surface area contributed by atoms with Crippen LogP contribution in [0.4, 0.5) is 0 Å². The summed E-state index contributed by atoms with van der Waals surface area (Å²) in [5, 5.41) is 21.5. The quantitative estimate of drug-likeness (QED) is 0.649. The van der Waals surface area contributed by atoms with Crippen molar-refractivity contribution in [2.75, 3.05) is 13.2 Å². The molecule has 4 unspecified atom stereocenters. The molecule has 0 bridgehead atoms. The first-order valence-corrected chi connectivity index (χ1v) is 6.13. The van der Waals surface area contributed by atoms with E-state index in [4.69, 9.17) is 4.74 Å². The van der Waals surface area contributed by atoms with Crippen molar-refractivity contribution in [1.82, 2.24) is 5.32 Å². The summed E-state index contributed by atoms with van der Waals surface area (Å²) in [6.07, 6.45) is 0.136. The van der Waals surface area contributed by atoms with Crippen LogP contribution in [0, 0.1) is 11.8 Å². The number of rotatable bonds is 3. The average Bonchev–Trinajstić information content (AvgIpc) is 2.37. The Kier molecular flexibility index (Phi) is 5.36. The summed E-state index contributed by atoms with van der Waals surface area (Å²) in [4.78, 5) is 11.2. The second-order valence-electron chi connectivity index (χ2n) is 4.99. The predicted octanol–water partition coefficient (Wildman–Crippen LogP) is -0.0946. The van der Waals surface area contributed by atoms with Crippen molar-refractivity contribution >= 4 is 5.91 Å². The van der Waals surface area contributed by atoms with Crippen LogP contribution in [0.2, 0.25) is 0 Å². The Labute approximate surface area is 102 Å². The molecule has 1 heterocycles. The van der Waals surface area contributed by atoms with Gasteiger partial charge in [-0.3, -0.25) is 4.79 Å². The largest absolute Gasteiger partial charge is 0.394 e. The van der Waals surface area contributed by atoms with Gasteiger partial charge in [0.25, 0.3) is 0 Å². The minimum Gasteiger partial charge on any atom is -0.394 e. The molecule has 0 aromatic carbocycles. The number of aliphatic hydroxyl groups excluding tert-OH is 2. The van der Waals surface area contributed by atoms with Crippen LogP contribution in [0.5, 0.6) is 0 Å². The number of nitrogens with one attached hydrogen (secondary N) is 1. The van der Waals surface area contributed by atoms with Gasteiger partial charge in [0.05, 0.1) is 25.4 Å². The zero-order valence-corrected chi connectivity index (χ0v) is 10.7. The normalized spacial score (nSPS) is 38.5. The van der Waals surface area contributed by atoms with Gasteiger partial charge in [0, 0.05) is 6.92 Å². The molecular weight excluding hydrogens is 222 g/mol. The molecule has 100 valence electrons. The summed E-state index contributed by atoms with van der Waals surface area (Å²) in [6.45, 7) is 5.29. The molecule has 3 N–H and O–H groups in total. The van der Waals surface area contributed by atoms with Gasteiger partial charge in [0.2, 0.25) is 5.91 Å². The highest BCUT2D eigenvalue weighted by atomic mass is 16.5. The molecule has 0 aromatic rings. The Morgan fingerprint density at radius 3 is 2.29 bits per heavy atom. The van der Waals surface area contributed by atoms with E-state index in [0.717, 1.165) is 6.42 Å². The summed E-state index contributed by atoms with van der Waals surface area (Å²) in [5.41, 5.74) is 0. The van der Waals surface area contributed by atoms with E-state index in [1.165, 1.54) is 6.92 Å². The predicted molar refractivity (Wildman–Crippen MR) is 63.4 cm³/mol. The lowest BCUT2D eigenvalue weighted by molar-refractivity contribution is -0.123. The minimum atomic E-state index is -0.448. The molecule has 0 aromatic heterocycles. The molecule has 5 nitrogen and oxygen atoms in total. The maximum Gasteiger partial charge on any atom is 0.217 e. The monoisotopic (exact) mass is 245 g/mol. The molecule has 0 radical (unpaired) electrons. The first kappa shape index (κ1) is 14.4. The van der Waals surface area contributed by atoms with E-state index in [-0.39, 0.29) is 43.1 Å². The van der Waals surface area contributed by atoms with Crippen molar-refractivity contribution < 1.29 is 19.7 Å². The van der Waals surface area contributed by atoms with Crippen LogP contribution < -0.4 is 5.32 Å². The second kappa shape index (κ2) is 6.33. The fraction of sp³-hybridized carbons (Fsp3) is 0.917. The lowest BCUT2D eigenvalue weighted by atomic mass is 9.88. The van der Waals surface area contributed by atoms with Gasteiger partial charge in [-0.15, -0.1) is 0 Å². The third-order valence-corrected chi connectivity index (χ3v) is 3.47. The van der Waals surface area contributed by atoms with E-state index >= 15 is 0 Å². The van der Waals surface area contributed by atoms with Crippen molar-refractivity contribution in [1.29, 1.82) is 0 Å². The summed E-state index contributed by atoms with van der Waals surface area (Å²) < 4.78 is 5.69. The van der Waals surface area contributed by atoms with Crippen LogP contribution >= 0.6 is 0 Å². The number of ether oxygens (including phenoxy) is 1. The lowest BCUT2D eigenvalue weighted by Crippen LogP contribution is -2.49. The topological polar surface area (TPSA) is 78.8 Å². The van der Waals surface area contributed by atoms with E-state index in [1.54, 1.807) is 0 Å². The van der Waals surface area contributed by atoms with Gasteiger partial charge < -0.3 is 20.3 Å². The average molecular weight is 245 g/mol. The van der Waals surface area contributed by atoms with Gasteiger partial charge in [-0.1, -0.05) is 13.8 Å². The zero-order chi connectivity index (χ0) is 13.0. The fourth-order valence-corrected chi connectivity index (χ4v) is 2.54. The van der Waals surface area contributed by atoms with Crippen molar-refractivity contribution in [2.45, 2.75) is 45.4 Å². The van der Waals surface area contributed by atoms with E-state index in [2.05, 4.69) is 5.32 Å². The molecule has 1 aliphatic heterocycles. The first-order chi connectivity index (χ1) is 7.99. The maximum absolute atomic E-state index is 11.2. The molecule has 5 heteroatoms. The molecule has 1 fully saturated rings. The molecule has 1 rings (SSSR count). The van der Waals surface area contributed by atoms with Crippen LogP contribution in [0.3, 0.4) is 0 Å². The Balaban J connectivity index is 2.82. The van der Waals surface area contributed by atoms with Crippen LogP contribution in [0.15, 0.2) is 0 Å². The lowest BCUT2D eigenvalue weighted by Gasteiger charge is -2.29. The molecule has 0 aliphatic carbocycles. The number of amides is 1. The standard InChI is InChI=1S/C12H23NO4/c1-7-4-8(2)12(13-9(3)16)11(6-15)17-10(7)5-14/h7-8,10-12,14-15H,4-6H2,1-3H3,(H,13,16)/t7?,8-,10?,11?,12?/m0/s1. The number of aliphatic hydroxyl groups is 2. The van der Waals surface area contributed by atoms with Crippen molar-refractivity contribution in [3.63, 3.8) is 0 Å². The number of hydrogen-bond donors (Lipinski definition) is 3. The van der Waals surface area contributed by atoms with Gasteiger partial charge in [-0.2, -0.15) is 0 Å². The smallest absolute Gasteiger partial charge is 0.217 e. The van der Waals surface area contributed by atoms with Crippen LogP contribution in [-0.2, 0) is 9.53 Å². The minimum absolute atomic E-state index is 0.0584. The summed E-state index contributed by atoms with van der Waals surface area (Å²) >= 11 is 0. The van der Waals surface area contributed by atoms with E-state index < -0.39 is 6.10 Å². The van der Waals surface area contributed by atoms with Crippen LogP contribution in [0.25, 0.3) is 0 Å². The van der Waals surface area contributed by atoms with Crippen LogP contribution in [0.1, 0.15) is 27.2 Å². The van der Waals surface area contributed by atoms with E-state index in [0.29, 0.717) is 0 Å². The van der Waals surface area contributed by atoms with Gasteiger partial charge in [-0.05, 0) is 18.3 Å². The number of carbonyl (C=O) groups is 1. The summed E-state index contributed by atoms with van der Waals surface area (Å²) in [7, 11) is 0. The van der Waals surface area contributed by atoms with E-state index in [9.17, 15) is 15.0 Å². The summed E-state index contributed by atoms with van der Waals surface area (Å²) in [6, 6.07) is -0.198. The molecule has 5 atom stereocenters. The van der Waals surface area contributed by atoms with E-state index in [1.807, 2.05) is 13.8 Å². The maximum atomic E-state index is 11.2.